The van der Waals surface area contributed by atoms with Gasteiger partial charge in [0, 0.05) is 0 Å². The summed E-state index contributed by atoms with van der Waals surface area (Å²) >= 11 is 0. The molecule has 0 aromatic heterocycles. The van der Waals surface area contributed by atoms with Gasteiger partial charge in [0.2, 0.25) is 0 Å². The van der Waals surface area contributed by atoms with E-state index in [1.807, 2.05) is 0 Å². The van der Waals surface area contributed by atoms with Crippen molar-refractivity contribution in [3.8, 4) is 0 Å². The third kappa shape index (κ3) is 4.64. The molecule has 0 radical (unpaired) electrons. The van der Waals surface area contributed by atoms with E-state index in [1.165, 1.54) is 0 Å². The molecular weight excluding hydrogens is 258 g/mol. The highest BCUT2D eigenvalue weighted by atomic mass is 32.2. The van der Waals surface area contributed by atoms with E-state index in [-0.39, 0.29) is 17.1 Å². The standard InChI is InChI=1S/C11H19NO5S/c1-5-16-9(13)7-6-8(7)18(15)12-10(14)17-11(2,3)4/h7-8H,5-6H2,1-4H3,(H,12,14)/t7-,8+,18+/m1/s1. The smallest absolute Gasteiger partial charge is 0.419 e. The van der Waals surface area contributed by atoms with Gasteiger partial charge in [-0.3, -0.25) is 4.79 Å². The van der Waals surface area contributed by atoms with Crippen molar-refractivity contribution in [1.82, 2.24) is 4.72 Å². The van der Waals surface area contributed by atoms with Crippen LogP contribution in [0.3, 0.4) is 0 Å². The quantitative estimate of drug-likeness (QED) is 0.779. The van der Waals surface area contributed by atoms with Gasteiger partial charge in [-0.2, -0.15) is 0 Å². The van der Waals surface area contributed by atoms with Gasteiger partial charge in [-0.1, -0.05) is 0 Å². The van der Waals surface area contributed by atoms with Gasteiger partial charge in [-0.25, -0.2) is 13.7 Å². The third-order valence-corrected chi connectivity index (χ3v) is 3.62. The topological polar surface area (TPSA) is 81.7 Å². The second kappa shape index (κ2) is 5.69. The highest BCUT2D eigenvalue weighted by molar-refractivity contribution is 7.84. The van der Waals surface area contributed by atoms with Crippen molar-refractivity contribution in [1.29, 1.82) is 0 Å². The molecule has 1 amide bonds. The Bertz CT molecular complexity index is 363. The van der Waals surface area contributed by atoms with Gasteiger partial charge < -0.3 is 9.47 Å². The fourth-order valence-electron chi connectivity index (χ4n) is 1.36. The van der Waals surface area contributed by atoms with Crippen molar-refractivity contribution in [2.75, 3.05) is 6.61 Å². The van der Waals surface area contributed by atoms with E-state index in [2.05, 4.69) is 4.72 Å². The number of esters is 1. The molecule has 0 spiro atoms. The fraction of sp³-hybridized carbons (Fsp3) is 0.818. The van der Waals surface area contributed by atoms with E-state index in [1.54, 1.807) is 27.7 Å². The molecule has 0 bridgehead atoms. The molecule has 0 heterocycles. The van der Waals surface area contributed by atoms with E-state index >= 15 is 0 Å². The Hall–Kier alpha value is -1.11. The number of amides is 1. The first-order valence-electron chi connectivity index (χ1n) is 5.81. The summed E-state index contributed by atoms with van der Waals surface area (Å²) in [5, 5.41) is -0.364. The van der Waals surface area contributed by atoms with Crippen LogP contribution in [0, 0.1) is 5.92 Å². The average Bonchev–Trinajstić information content (AvgIpc) is 2.93. The molecule has 1 saturated carbocycles. The molecule has 0 aromatic rings. The molecule has 1 rings (SSSR count). The van der Waals surface area contributed by atoms with Crippen LogP contribution in [0.2, 0.25) is 0 Å². The number of carbonyl (C=O) groups is 2. The van der Waals surface area contributed by atoms with E-state index < -0.39 is 22.7 Å². The van der Waals surface area contributed by atoms with Gasteiger partial charge in [0.15, 0.2) is 0 Å². The fourth-order valence-corrected chi connectivity index (χ4v) is 2.51. The van der Waals surface area contributed by atoms with Crippen LogP contribution in [-0.4, -0.2) is 33.7 Å². The van der Waals surface area contributed by atoms with Crippen LogP contribution in [0.15, 0.2) is 0 Å². The highest BCUT2D eigenvalue weighted by Crippen LogP contribution is 2.36. The Morgan fingerprint density at radius 1 is 1.39 bits per heavy atom. The minimum Gasteiger partial charge on any atom is -0.466 e. The molecule has 104 valence electrons. The summed E-state index contributed by atoms with van der Waals surface area (Å²) in [6.07, 6.45) is -0.267. The molecule has 0 unspecified atom stereocenters. The molecule has 1 N–H and O–H groups in total. The Morgan fingerprint density at radius 3 is 2.50 bits per heavy atom. The Balaban J connectivity index is 2.36. The van der Waals surface area contributed by atoms with Crippen molar-refractivity contribution in [2.24, 2.45) is 5.92 Å². The first kappa shape index (κ1) is 14.9. The maximum absolute atomic E-state index is 11.7. The molecule has 3 atom stereocenters. The first-order chi connectivity index (χ1) is 8.24. The molecule has 1 fully saturated rings. The number of ether oxygens (including phenoxy) is 2. The van der Waals surface area contributed by atoms with Crippen molar-refractivity contribution in [3.05, 3.63) is 0 Å². The van der Waals surface area contributed by atoms with Crippen LogP contribution < -0.4 is 4.72 Å². The van der Waals surface area contributed by atoms with E-state index in [0.29, 0.717) is 13.0 Å². The van der Waals surface area contributed by atoms with E-state index in [4.69, 9.17) is 9.47 Å². The lowest BCUT2D eigenvalue weighted by atomic mass is 10.2. The molecule has 6 nitrogen and oxygen atoms in total. The first-order valence-corrected chi connectivity index (χ1v) is 7.02. The summed E-state index contributed by atoms with van der Waals surface area (Å²) in [4.78, 5) is 22.7. The lowest BCUT2D eigenvalue weighted by Gasteiger charge is -2.19. The Kier molecular flexibility index (Phi) is 4.72. The molecule has 0 saturated heterocycles. The van der Waals surface area contributed by atoms with E-state index in [9.17, 15) is 13.8 Å². The zero-order chi connectivity index (χ0) is 13.9. The van der Waals surface area contributed by atoms with Crippen molar-refractivity contribution in [3.63, 3.8) is 0 Å². The van der Waals surface area contributed by atoms with Crippen molar-refractivity contribution < 1.29 is 23.3 Å². The molecule has 0 aliphatic heterocycles. The third-order valence-electron chi connectivity index (χ3n) is 2.18. The summed E-state index contributed by atoms with van der Waals surface area (Å²) in [5.41, 5.74) is -0.640. The van der Waals surface area contributed by atoms with Gasteiger partial charge in [-0.05, 0) is 34.1 Å². The summed E-state index contributed by atoms with van der Waals surface area (Å²) in [5.74, 6) is -0.734. The predicted molar refractivity (Wildman–Crippen MR) is 66.0 cm³/mol. The maximum atomic E-state index is 11.7. The number of carbonyl (C=O) groups excluding carboxylic acids is 2. The molecule has 0 aromatic carbocycles. The minimum absolute atomic E-state index is 0.300. The van der Waals surface area contributed by atoms with Gasteiger partial charge in [0.1, 0.15) is 16.6 Å². The zero-order valence-electron chi connectivity index (χ0n) is 11.0. The molecule has 1 aliphatic carbocycles. The summed E-state index contributed by atoms with van der Waals surface area (Å²) in [7, 11) is -1.61. The lowest BCUT2D eigenvalue weighted by Crippen LogP contribution is -2.35. The summed E-state index contributed by atoms with van der Waals surface area (Å²) in [6, 6.07) is 0. The Morgan fingerprint density at radius 2 is 2.00 bits per heavy atom. The average molecular weight is 277 g/mol. The summed E-state index contributed by atoms with van der Waals surface area (Å²) < 4.78 is 23.7. The normalized spacial score (nSPS) is 24.0. The SMILES string of the molecule is CCOC(=O)[C@@H]1C[C@@H]1[S@](=O)NC(=O)OC(C)(C)C. The van der Waals surface area contributed by atoms with E-state index in [0.717, 1.165) is 0 Å². The second-order valence-electron chi connectivity index (χ2n) is 5.03. The van der Waals surface area contributed by atoms with Crippen LogP contribution in [0.1, 0.15) is 34.1 Å². The minimum atomic E-state index is -1.61. The van der Waals surface area contributed by atoms with Crippen molar-refractivity contribution in [2.45, 2.75) is 45.0 Å². The summed E-state index contributed by atoms with van der Waals surface area (Å²) in [6.45, 7) is 7.16. The van der Waals surface area contributed by atoms with Gasteiger partial charge in [0.25, 0.3) is 0 Å². The highest BCUT2D eigenvalue weighted by Gasteiger charge is 2.49. The van der Waals surface area contributed by atoms with Crippen LogP contribution in [0.25, 0.3) is 0 Å². The van der Waals surface area contributed by atoms with Crippen LogP contribution >= 0.6 is 0 Å². The van der Waals surface area contributed by atoms with Crippen LogP contribution in [0.4, 0.5) is 4.79 Å². The predicted octanol–water partition coefficient (Wildman–Crippen LogP) is 1.13. The van der Waals surface area contributed by atoms with Gasteiger partial charge in [-0.15, -0.1) is 0 Å². The molecular formula is C11H19NO5S. The largest absolute Gasteiger partial charge is 0.466 e. The molecule has 18 heavy (non-hydrogen) atoms. The zero-order valence-corrected chi connectivity index (χ0v) is 11.8. The van der Waals surface area contributed by atoms with Crippen LogP contribution in [-0.2, 0) is 25.3 Å². The maximum Gasteiger partial charge on any atom is 0.419 e. The molecule has 7 heteroatoms. The molecule has 1 aliphatic rings. The van der Waals surface area contributed by atoms with Gasteiger partial charge in [0.05, 0.1) is 17.8 Å². The number of hydrogen-bond acceptors (Lipinski definition) is 5. The lowest BCUT2D eigenvalue weighted by molar-refractivity contribution is -0.144. The number of hydrogen-bond donors (Lipinski definition) is 1. The number of nitrogens with one attached hydrogen (secondary N) is 1. The van der Waals surface area contributed by atoms with Crippen LogP contribution in [0.5, 0.6) is 0 Å². The second-order valence-corrected chi connectivity index (χ2v) is 6.44. The Labute approximate surface area is 109 Å². The van der Waals surface area contributed by atoms with Crippen molar-refractivity contribution >= 4 is 23.0 Å². The number of rotatable bonds is 4. The van der Waals surface area contributed by atoms with Gasteiger partial charge >= 0.3 is 12.1 Å². The monoisotopic (exact) mass is 277 g/mol.